The van der Waals surface area contributed by atoms with Crippen LogP contribution in [0.2, 0.25) is 0 Å². The number of thioether (sulfide) groups is 2. The number of benzene rings is 1. The first-order chi connectivity index (χ1) is 12.2. The van der Waals surface area contributed by atoms with Gasteiger partial charge in [0.15, 0.2) is 8.68 Å². The van der Waals surface area contributed by atoms with Gasteiger partial charge in [-0.3, -0.25) is 13.8 Å². The zero-order chi connectivity index (χ0) is 17.4. The molecule has 0 bridgehead atoms. The third-order valence-electron chi connectivity index (χ3n) is 3.67. The van der Waals surface area contributed by atoms with Crippen molar-refractivity contribution in [2.45, 2.75) is 21.4 Å². The summed E-state index contributed by atoms with van der Waals surface area (Å²) >= 11 is 4.85. The van der Waals surface area contributed by atoms with Crippen LogP contribution in [0.15, 0.2) is 37.7 Å². The molecule has 1 aromatic carbocycles. The van der Waals surface area contributed by atoms with Crippen LogP contribution in [-0.4, -0.2) is 35.1 Å². The summed E-state index contributed by atoms with van der Waals surface area (Å²) in [4.78, 5) is 12.5. The SMILES string of the molecule is CCSc1nnc(SCc2nnc3n(C)c(=O)c4ccccc4n23)s1. The Labute approximate surface area is 155 Å². The Morgan fingerprint density at radius 3 is 2.64 bits per heavy atom. The zero-order valence-corrected chi connectivity index (χ0v) is 16.0. The molecule has 0 saturated carbocycles. The molecular weight excluding hydrogens is 376 g/mol. The number of aryl methyl sites for hydroxylation is 1. The number of aromatic nitrogens is 6. The van der Waals surface area contributed by atoms with Gasteiger partial charge in [-0.05, 0) is 17.9 Å². The number of nitrogens with zero attached hydrogens (tertiary/aromatic N) is 6. The highest BCUT2D eigenvalue weighted by molar-refractivity contribution is 8.02. The van der Waals surface area contributed by atoms with E-state index in [0.717, 1.165) is 25.8 Å². The second-order valence-electron chi connectivity index (χ2n) is 5.19. The van der Waals surface area contributed by atoms with Crippen LogP contribution >= 0.6 is 34.9 Å². The summed E-state index contributed by atoms with van der Waals surface area (Å²) in [7, 11) is 1.72. The summed E-state index contributed by atoms with van der Waals surface area (Å²) < 4.78 is 5.35. The number of hydrogen-bond acceptors (Lipinski definition) is 8. The van der Waals surface area contributed by atoms with E-state index in [1.54, 1.807) is 41.9 Å². The number of rotatable bonds is 5. The lowest BCUT2D eigenvalue weighted by molar-refractivity contribution is 0.857. The van der Waals surface area contributed by atoms with Crippen LogP contribution in [0.5, 0.6) is 0 Å². The monoisotopic (exact) mass is 390 g/mol. The Morgan fingerprint density at radius 2 is 1.84 bits per heavy atom. The largest absolute Gasteiger partial charge is 0.279 e. The molecule has 0 fully saturated rings. The van der Waals surface area contributed by atoms with Crippen LogP contribution in [-0.2, 0) is 12.8 Å². The van der Waals surface area contributed by atoms with E-state index in [9.17, 15) is 4.79 Å². The van der Waals surface area contributed by atoms with Gasteiger partial charge < -0.3 is 0 Å². The predicted molar refractivity (Wildman–Crippen MR) is 102 cm³/mol. The Hall–Kier alpha value is -1.91. The van der Waals surface area contributed by atoms with Crippen LogP contribution in [0.3, 0.4) is 0 Å². The molecule has 128 valence electrons. The fourth-order valence-corrected chi connectivity index (χ4v) is 5.38. The summed E-state index contributed by atoms with van der Waals surface area (Å²) in [6, 6.07) is 7.52. The molecule has 10 heteroatoms. The van der Waals surface area contributed by atoms with Gasteiger partial charge in [0, 0.05) is 7.05 Å². The lowest BCUT2D eigenvalue weighted by Crippen LogP contribution is -2.20. The van der Waals surface area contributed by atoms with Gasteiger partial charge in [-0.1, -0.05) is 53.9 Å². The fraction of sp³-hybridized carbons (Fsp3) is 0.267. The molecule has 0 spiro atoms. The minimum Gasteiger partial charge on any atom is -0.279 e. The zero-order valence-electron chi connectivity index (χ0n) is 13.5. The van der Waals surface area contributed by atoms with Crippen molar-refractivity contribution in [3.05, 3.63) is 40.4 Å². The highest BCUT2D eigenvalue weighted by atomic mass is 32.2. The van der Waals surface area contributed by atoms with E-state index in [4.69, 9.17) is 0 Å². The molecule has 0 saturated heterocycles. The first-order valence-corrected chi connectivity index (χ1v) is 10.4. The molecule has 0 radical (unpaired) electrons. The van der Waals surface area contributed by atoms with E-state index < -0.39 is 0 Å². The third-order valence-corrected chi connectivity index (χ3v) is 6.74. The second-order valence-corrected chi connectivity index (χ2v) is 8.90. The molecule has 7 nitrogen and oxygen atoms in total. The predicted octanol–water partition coefficient (Wildman–Crippen LogP) is 2.84. The Bertz CT molecular complexity index is 1120. The van der Waals surface area contributed by atoms with Crippen molar-refractivity contribution in [2.24, 2.45) is 7.05 Å². The van der Waals surface area contributed by atoms with Gasteiger partial charge in [-0.15, -0.1) is 20.4 Å². The van der Waals surface area contributed by atoms with Crippen LogP contribution in [0.25, 0.3) is 16.7 Å². The molecule has 4 rings (SSSR count). The van der Waals surface area contributed by atoms with Gasteiger partial charge in [0.05, 0.1) is 16.7 Å². The maximum atomic E-state index is 12.5. The molecule has 0 aliphatic heterocycles. The molecule has 0 N–H and O–H groups in total. The maximum absolute atomic E-state index is 12.5. The summed E-state index contributed by atoms with van der Waals surface area (Å²) in [5, 5.41) is 17.5. The lowest BCUT2D eigenvalue weighted by Gasteiger charge is -2.07. The maximum Gasteiger partial charge on any atom is 0.262 e. The molecule has 0 amide bonds. The van der Waals surface area contributed by atoms with Crippen molar-refractivity contribution >= 4 is 51.5 Å². The topological polar surface area (TPSA) is 78.0 Å². The molecule has 3 heterocycles. The van der Waals surface area contributed by atoms with Crippen molar-refractivity contribution < 1.29 is 0 Å². The molecule has 0 aliphatic carbocycles. The van der Waals surface area contributed by atoms with E-state index in [1.165, 1.54) is 4.57 Å². The van der Waals surface area contributed by atoms with E-state index in [2.05, 4.69) is 27.3 Å². The summed E-state index contributed by atoms with van der Waals surface area (Å²) in [5.74, 6) is 2.91. The molecule has 3 aromatic heterocycles. The lowest BCUT2D eigenvalue weighted by atomic mass is 10.2. The van der Waals surface area contributed by atoms with Gasteiger partial charge in [0.1, 0.15) is 5.82 Å². The Kier molecular flexibility index (Phi) is 4.48. The van der Waals surface area contributed by atoms with Gasteiger partial charge in [-0.25, -0.2) is 0 Å². The van der Waals surface area contributed by atoms with Crippen LogP contribution in [0.1, 0.15) is 12.7 Å². The van der Waals surface area contributed by atoms with Gasteiger partial charge in [0.2, 0.25) is 5.78 Å². The first kappa shape index (κ1) is 16.6. The quantitative estimate of drug-likeness (QED) is 0.485. The summed E-state index contributed by atoms with van der Waals surface area (Å²) in [5.41, 5.74) is 0.751. The molecule has 0 aliphatic rings. The molecular formula is C15H14N6OS3. The Morgan fingerprint density at radius 1 is 1.08 bits per heavy atom. The average Bonchev–Trinajstić information content (AvgIpc) is 3.25. The second kappa shape index (κ2) is 6.77. The fourth-order valence-electron chi connectivity index (χ4n) is 2.55. The van der Waals surface area contributed by atoms with Crippen molar-refractivity contribution in [2.75, 3.05) is 5.75 Å². The average molecular weight is 391 g/mol. The van der Waals surface area contributed by atoms with Crippen LogP contribution in [0, 0.1) is 0 Å². The van der Waals surface area contributed by atoms with E-state index >= 15 is 0 Å². The smallest absolute Gasteiger partial charge is 0.262 e. The van der Waals surface area contributed by atoms with Crippen LogP contribution in [0.4, 0.5) is 0 Å². The highest BCUT2D eigenvalue weighted by Crippen LogP contribution is 2.30. The number of para-hydroxylation sites is 1. The van der Waals surface area contributed by atoms with Crippen molar-refractivity contribution in [1.29, 1.82) is 0 Å². The summed E-state index contributed by atoms with van der Waals surface area (Å²) in [6.07, 6.45) is 0. The normalized spacial score (nSPS) is 11.6. The van der Waals surface area contributed by atoms with E-state index in [0.29, 0.717) is 16.9 Å². The highest BCUT2D eigenvalue weighted by Gasteiger charge is 2.15. The van der Waals surface area contributed by atoms with E-state index in [1.807, 2.05) is 28.7 Å². The number of fused-ring (bicyclic) bond motifs is 3. The molecule has 0 unspecified atom stereocenters. The van der Waals surface area contributed by atoms with Crippen molar-refractivity contribution in [3.63, 3.8) is 0 Å². The van der Waals surface area contributed by atoms with E-state index in [-0.39, 0.29) is 5.56 Å². The minimum atomic E-state index is -0.0694. The van der Waals surface area contributed by atoms with Gasteiger partial charge in [0.25, 0.3) is 5.56 Å². The standard InChI is InChI=1S/C15H14N6OS3/c1-3-23-14-18-19-15(25-14)24-8-11-16-17-13-20(2)12(22)9-6-4-5-7-10(9)21(11)13/h4-7H,3,8H2,1-2H3. The molecule has 25 heavy (non-hydrogen) atoms. The van der Waals surface area contributed by atoms with Crippen molar-refractivity contribution in [1.82, 2.24) is 29.4 Å². The van der Waals surface area contributed by atoms with Gasteiger partial charge >= 0.3 is 0 Å². The summed E-state index contributed by atoms with van der Waals surface area (Å²) in [6.45, 7) is 2.09. The molecule has 0 atom stereocenters. The Balaban J connectivity index is 1.74. The van der Waals surface area contributed by atoms with Crippen molar-refractivity contribution in [3.8, 4) is 0 Å². The third kappa shape index (κ3) is 2.94. The number of hydrogen-bond donors (Lipinski definition) is 0. The molecule has 4 aromatic rings. The van der Waals surface area contributed by atoms with Gasteiger partial charge in [-0.2, -0.15) is 0 Å². The first-order valence-electron chi connectivity index (χ1n) is 7.60. The van der Waals surface area contributed by atoms with Crippen LogP contribution < -0.4 is 5.56 Å². The minimum absolute atomic E-state index is 0.0694.